The van der Waals surface area contributed by atoms with Crippen LogP contribution in [0.1, 0.15) is 5.56 Å². The molecular formula is C9H10N4O. The van der Waals surface area contributed by atoms with Gasteiger partial charge in [-0.3, -0.25) is 4.99 Å². The maximum absolute atomic E-state index is 8.57. The number of para-hydroxylation sites is 1. The number of fused-ring (bicyclic) bond motifs is 1. The van der Waals surface area contributed by atoms with Crippen molar-refractivity contribution in [2.24, 2.45) is 4.99 Å². The van der Waals surface area contributed by atoms with Crippen LogP contribution < -0.4 is 0 Å². The quantitative estimate of drug-likeness (QED) is 0.686. The Morgan fingerprint density at radius 3 is 3.21 bits per heavy atom. The van der Waals surface area contributed by atoms with Crippen molar-refractivity contribution >= 4 is 17.2 Å². The standard InChI is InChI=1S/C9H10N4O/c14-5-4-10-6-7-2-1-3-8-9(7)12-13-11-8/h1-3,6,14H,4-5H2,(H,11,12,13). The lowest BCUT2D eigenvalue weighted by Gasteiger charge is -1.92. The summed E-state index contributed by atoms with van der Waals surface area (Å²) in [4.78, 5) is 4.03. The number of nitrogens with zero attached hydrogens (tertiary/aromatic N) is 3. The summed E-state index contributed by atoms with van der Waals surface area (Å²) in [5, 5.41) is 19.1. The Kier molecular flexibility index (Phi) is 2.51. The Bertz CT molecular complexity index is 449. The van der Waals surface area contributed by atoms with Crippen LogP contribution in [0.5, 0.6) is 0 Å². The Morgan fingerprint density at radius 2 is 2.36 bits per heavy atom. The highest BCUT2D eigenvalue weighted by Crippen LogP contribution is 2.10. The van der Waals surface area contributed by atoms with Gasteiger partial charge >= 0.3 is 0 Å². The van der Waals surface area contributed by atoms with Gasteiger partial charge in [-0.1, -0.05) is 12.1 Å². The summed E-state index contributed by atoms with van der Waals surface area (Å²) in [6.45, 7) is 0.472. The van der Waals surface area contributed by atoms with Crippen LogP contribution in [0.4, 0.5) is 0 Å². The third kappa shape index (κ3) is 1.62. The number of aliphatic hydroxyl groups is 1. The molecule has 0 amide bonds. The normalized spacial score (nSPS) is 11.5. The lowest BCUT2D eigenvalue weighted by Crippen LogP contribution is -1.90. The maximum atomic E-state index is 8.57. The first-order valence-corrected chi connectivity index (χ1v) is 4.32. The fourth-order valence-corrected chi connectivity index (χ4v) is 1.21. The first-order valence-electron chi connectivity index (χ1n) is 4.32. The van der Waals surface area contributed by atoms with Crippen molar-refractivity contribution < 1.29 is 5.11 Å². The van der Waals surface area contributed by atoms with Gasteiger partial charge in [0.05, 0.1) is 13.2 Å². The van der Waals surface area contributed by atoms with E-state index in [2.05, 4.69) is 20.4 Å². The molecule has 0 spiro atoms. The lowest BCUT2D eigenvalue weighted by atomic mass is 10.2. The zero-order valence-corrected chi connectivity index (χ0v) is 7.51. The van der Waals surface area contributed by atoms with Crippen molar-refractivity contribution in [1.82, 2.24) is 15.4 Å². The number of H-pyrrole nitrogens is 1. The van der Waals surface area contributed by atoms with E-state index in [1.54, 1.807) is 6.21 Å². The Hall–Kier alpha value is -1.75. The van der Waals surface area contributed by atoms with E-state index >= 15 is 0 Å². The number of hydrogen-bond acceptors (Lipinski definition) is 4. The van der Waals surface area contributed by atoms with Crippen LogP contribution in [0.3, 0.4) is 0 Å². The van der Waals surface area contributed by atoms with Gasteiger partial charge in [0.1, 0.15) is 11.0 Å². The molecule has 0 unspecified atom stereocenters. The highest BCUT2D eigenvalue weighted by atomic mass is 16.3. The first kappa shape index (κ1) is 8.83. The molecular weight excluding hydrogens is 180 g/mol. The summed E-state index contributed by atoms with van der Waals surface area (Å²) >= 11 is 0. The van der Waals surface area contributed by atoms with Gasteiger partial charge in [0.15, 0.2) is 0 Å². The molecule has 2 N–H and O–H groups in total. The molecule has 14 heavy (non-hydrogen) atoms. The van der Waals surface area contributed by atoms with Crippen LogP contribution in [0.2, 0.25) is 0 Å². The van der Waals surface area contributed by atoms with Crippen molar-refractivity contribution in [2.75, 3.05) is 13.2 Å². The van der Waals surface area contributed by atoms with Crippen molar-refractivity contribution in [3.8, 4) is 0 Å². The van der Waals surface area contributed by atoms with Crippen LogP contribution in [0, 0.1) is 0 Å². The summed E-state index contributed by atoms with van der Waals surface area (Å²) in [6, 6.07) is 5.68. The average Bonchev–Trinajstić information content (AvgIpc) is 2.67. The van der Waals surface area contributed by atoms with Gasteiger partial charge in [-0.2, -0.15) is 15.4 Å². The summed E-state index contributed by atoms with van der Waals surface area (Å²) in [6.07, 6.45) is 1.70. The zero-order chi connectivity index (χ0) is 9.80. The number of aromatic amines is 1. The monoisotopic (exact) mass is 190 g/mol. The molecule has 1 aromatic heterocycles. The van der Waals surface area contributed by atoms with E-state index in [1.165, 1.54) is 0 Å². The first-order chi connectivity index (χ1) is 6.92. The third-order valence-corrected chi connectivity index (χ3v) is 1.84. The Balaban J connectivity index is 2.36. The summed E-state index contributed by atoms with van der Waals surface area (Å²) in [7, 11) is 0. The molecule has 0 fully saturated rings. The van der Waals surface area contributed by atoms with Gasteiger partial charge in [0.25, 0.3) is 0 Å². The third-order valence-electron chi connectivity index (χ3n) is 1.84. The Morgan fingerprint density at radius 1 is 1.43 bits per heavy atom. The fraction of sp³-hybridized carbons (Fsp3) is 0.222. The van der Waals surface area contributed by atoms with Gasteiger partial charge in [-0.25, -0.2) is 0 Å². The molecule has 0 aliphatic carbocycles. The van der Waals surface area contributed by atoms with Crippen LogP contribution >= 0.6 is 0 Å². The molecule has 0 radical (unpaired) electrons. The molecule has 1 heterocycles. The van der Waals surface area contributed by atoms with Crippen molar-refractivity contribution in [3.05, 3.63) is 23.8 Å². The number of rotatable bonds is 3. The highest BCUT2D eigenvalue weighted by Gasteiger charge is 2.00. The van der Waals surface area contributed by atoms with Crippen molar-refractivity contribution in [2.45, 2.75) is 0 Å². The smallest absolute Gasteiger partial charge is 0.121 e. The molecule has 72 valence electrons. The molecule has 0 atom stereocenters. The predicted molar refractivity (Wildman–Crippen MR) is 53.4 cm³/mol. The molecule has 0 saturated heterocycles. The van der Waals surface area contributed by atoms with E-state index in [-0.39, 0.29) is 6.61 Å². The van der Waals surface area contributed by atoms with Gasteiger partial charge in [0.2, 0.25) is 0 Å². The highest BCUT2D eigenvalue weighted by molar-refractivity contribution is 5.95. The second kappa shape index (κ2) is 3.97. The van der Waals surface area contributed by atoms with Crippen molar-refractivity contribution in [1.29, 1.82) is 0 Å². The van der Waals surface area contributed by atoms with Gasteiger partial charge in [0, 0.05) is 11.8 Å². The number of hydrogen-bond donors (Lipinski definition) is 2. The minimum absolute atomic E-state index is 0.0608. The van der Waals surface area contributed by atoms with E-state index in [4.69, 9.17) is 5.11 Å². The summed E-state index contributed by atoms with van der Waals surface area (Å²) in [5.41, 5.74) is 2.52. The molecule has 0 bridgehead atoms. The number of benzene rings is 1. The topological polar surface area (TPSA) is 74.2 Å². The van der Waals surface area contributed by atoms with E-state index < -0.39 is 0 Å². The second-order valence-electron chi connectivity index (χ2n) is 2.80. The minimum Gasteiger partial charge on any atom is -0.394 e. The predicted octanol–water partition coefficient (Wildman–Crippen LogP) is 0.369. The van der Waals surface area contributed by atoms with E-state index in [0.29, 0.717) is 6.54 Å². The van der Waals surface area contributed by atoms with Crippen LogP contribution in [-0.4, -0.2) is 39.9 Å². The molecule has 5 nitrogen and oxygen atoms in total. The van der Waals surface area contributed by atoms with E-state index in [0.717, 1.165) is 16.6 Å². The second-order valence-corrected chi connectivity index (χ2v) is 2.80. The summed E-state index contributed by atoms with van der Waals surface area (Å²) in [5.74, 6) is 0. The Labute approximate surface area is 80.5 Å². The average molecular weight is 190 g/mol. The number of nitrogens with one attached hydrogen (secondary N) is 1. The SMILES string of the molecule is OCCN=Cc1cccc2n[nH]nc12. The van der Waals surface area contributed by atoms with Crippen LogP contribution in [-0.2, 0) is 0 Å². The lowest BCUT2D eigenvalue weighted by molar-refractivity contribution is 0.307. The molecule has 0 saturated carbocycles. The van der Waals surface area contributed by atoms with Crippen LogP contribution in [0.25, 0.3) is 11.0 Å². The molecule has 0 aliphatic rings. The van der Waals surface area contributed by atoms with Gasteiger partial charge < -0.3 is 5.11 Å². The fourth-order valence-electron chi connectivity index (χ4n) is 1.21. The molecule has 0 aliphatic heterocycles. The minimum atomic E-state index is 0.0608. The van der Waals surface area contributed by atoms with Gasteiger partial charge in [-0.15, -0.1) is 0 Å². The largest absolute Gasteiger partial charge is 0.394 e. The van der Waals surface area contributed by atoms with E-state index in [1.807, 2.05) is 18.2 Å². The maximum Gasteiger partial charge on any atom is 0.121 e. The molecule has 2 aromatic rings. The number of aliphatic hydroxyl groups excluding tert-OH is 1. The molecule has 5 heteroatoms. The van der Waals surface area contributed by atoms with Gasteiger partial charge in [-0.05, 0) is 6.07 Å². The molecule has 2 rings (SSSR count). The number of aliphatic imine (C=N–C) groups is 1. The number of aromatic nitrogens is 3. The van der Waals surface area contributed by atoms with Crippen molar-refractivity contribution in [3.63, 3.8) is 0 Å². The van der Waals surface area contributed by atoms with Crippen LogP contribution in [0.15, 0.2) is 23.2 Å². The van der Waals surface area contributed by atoms with E-state index in [9.17, 15) is 0 Å². The summed E-state index contributed by atoms with van der Waals surface area (Å²) < 4.78 is 0. The zero-order valence-electron chi connectivity index (χ0n) is 7.51. The molecule has 1 aromatic carbocycles.